The Morgan fingerprint density at radius 3 is 2.38 bits per heavy atom. The Kier molecular flexibility index (Phi) is 4.86. The minimum atomic E-state index is 0.594. The molecule has 0 aromatic rings. The lowest BCUT2D eigenvalue weighted by molar-refractivity contribution is 0.251. The zero-order chi connectivity index (χ0) is 9.68. The van der Waals surface area contributed by atoms with Gasteiger partial charge in [-0.15, -0.1) is 0 Å². The van der Waals surface area contributed by atoms with E-state index in [9.17, 15) is 0 Å². The summed E-state index contributed by atoms with van der Waals surface area (Å²) in [5.41, 5.74) is 5.52. The van der Waals surface area contributed by atoms with E-state index >= 15 is 0 Å². The minimum Gasteiger partial charge on any atom is -0.374 e. The van der Waals surface area contributed by atoms with Gasteiger partial charge in [0, 0.05) is 0 Å². The molecule has 1 nitrogen and oxygen atoms in total. The summed E-state index contributed by atoms with van der Waals surface area (Å²) >= 11 is 0. The maximum atomic E-state index is 5.52. The molecule has 0 aromatic heterocycles. The molecule has 0 amide bonds. The van der Waals surface area contributed by atoms with Gasteiger partial charge in [-0.25, -0.2) is 0 Å². The summed E-state index contributed by atoms with van der Waals surface area (Å²) in [6.07, 6.45) is 8.56. The summed E-state index contributed by atoms with van der Waals surface area (Å²) in [6, 6.07) is 0. The fourth-order valence-electron chi connectivity index (χ4n) is 2.56. The predicted molar refractivity (Wildman–Crippen MR) is 59.7 cm³/mol. The van der Waals surface area contributed by atoms with Crippen molar-refractivity contribution in [3.63, 3.8) is 0 Å². The highest BCUT2D eigenvalue weighted by Gasteiger charge is 2.21. The van der Waals surface area contributed by atoms with E-state index in [1.165, 1.54) is 38.5 Å². The topological polar surface area (TPSA) is 26.0 Å². The van der Waals surface area contributed by atoms with Crippen molar-refractivity contribution in [1.82, 2.24) is 0 Å². The molecule has 1 aliphatic carbocycles. The Labute approximate surface area is 83.7 Å². The Morgan fingerprint density at radius 2 is 1.85 bits per heavy atom. The van der Waals surface area contributed by atoms with Crippen LogP contribution in [0.3, 0.4) is 0 Å². The molecule has 13 heavy (non-hydrogen) atoms. The molecule has 0 bridgehead atoms. The number of hydrogen-bond donors (Lipinski definition) is 1. The first-order chi connectivity index (χ1) is 6.24. The molecule has 2 atom stereocenters. The van der Waals surface area contributed by atoms with E-state index in [2.05, 4.69) is 13.8 Å². The molecule has 1 fully saturated rings. The lowest BCUT2D eigenvalue weighted by atomic mass is 9.69. The van der Waals surface area contributed by atoms with Crippen LogP contribution in [-0.4, -0.2) is 7.41 Å². The zero-order valence-corrected chi connectivity index (χ0v) is 9.13. The molecule has 0 saturated heterocycles. The number of rotatable bonds is 4. The van der Waals surface area contributed by atoms with Gasteiger partial charge < -0.3 is 5.64 Å². The highest BCUT2D eigenvalue weighted by atomic mass is 14.4. The summed E-state index contributed by atoms with van der Waals surface area (Å²) in [4.78, 5) is 0. The van der Waals surface area contributed by atoms with Crippen molar-refractivity contribution in [3.05, 3.63) is 0 Å². The second-order valence-corrected chi connectivity index (χ2v) is 4.78. The molecule has 1 aliphatic rings. The van der Waals surface area contributed by atoms with Crippen LogP contribution in [0.25, 0.3) is 0 Å². The van der Waals surface area contributed by atoms with E-state index in [1.807, 2.05) is 7.41 Å². The molecule has 1 saturated carbocycles. The molecule has 0 heterocycles. The third kappa shape index (κ3) is 3.72. The summed E-state index contributed by atoms with van der Waals surface area (Å²) in [5.74, 6) is 2.45. The van der Waals surface area contributed by atoms with Gasteiger partial charge in [0.25, 0.3) is 0 Å². The Morgan fingerprint density at radius 1 is 1.23 bits per heavy atom. The molecule has 2 N–H and O–H groups in total. The van der Waals surface area contributed by atoms with Gasteiger partial charge >= 0.3 is 0 Å². The quantitative estimate of drug-likeness (QED) is 0.661. The largest absolute Gasteiger partial charge is 0.374 e. The minimum absolute atomic E-state index is 0.594. The Bertz CT molecular complexity index is 132. The average molecular weight is 180 g/mol. The third-order valence-corrected chi connectivity index (χ3v) is 3.53. The SMILES string of the molecule is CC([B]N)C[C@@H](C)C1CCCCC1. The second-order valence-electron chi connectivity index (χ2n) is 4.78. The highest BCUT2D eigenvalue weighted by molar-refractivity contribution is 6.32. The molecule has 0 spiro atoms. The zero-order valence-electron chi connectivity index (χ0n) is 9.13. The van der Waals surface area contributed by atoms with E-state index in [0.717, 1.165) is 11.8 Å². The van der Waals surface area contributed by atoms with Crippen molar-refractivity contribution in [2.45, 2.75) is 58.2 Å². The van der Waals surface area contributed by atoms with E-state index in [1.54, 1.807) is 0 Å². The van der Waals surface area contributed by atoms with Crippen LogP contribution in [-0.2, 0) is 0 Å². The molecule has 1 radical (unpaired) electrons. The van der Waals surface area contributed by atoms with Gasteiger partial charge in [-0.3, -0.25) is 0 Å². The Balaban J connectivity index is 2.24. The molecular formula is C11H23BN. The molecule has 1 rings (SSSR count). The van der Waals surface area contributed by atoms with E-state index in [-0.39, 0.29) is 0 Å². The first-order valence-corrected chi connectivity index (χ1v) is 5.79. The summed E-state index contributed by atoms with van der Waals surface area (Å²) < 4.78 is 0. The summed E-state index contributed by atoms with van der Waals surface area (Å²) in [7, 11) is 1.85. The maximum Gasteiger partial charge on any atom is 0.205 e. The number of hydrogen-bond acceptors (Lipinski definition) is 1. The van der Waals surface area contributed by atoms with Crippen LogP contribution >= 0.6 is 0 Å². The van der Waals surface area contributed by atoms with Crippen molar-refractivity contribution in [1.29, 1.82) is 0 Å². The molecule has 2 heteroatoms. The fraction of sp³-hybridized carbons (Fsp3) is 1.00. The van der Waals surface area contributed by atoms with Crippen LogP contribution in [0, 0.1) is 11.8 Å². The monoisotopic (exact) mass is 180 g/mol. The third-order valence-electron chi connectivity index (χ3n) is 3.53. The van der Waals surface area contributed by atoms with Crippen molar-refractivity contribution in [3.8, 4) is 0 Å². The van der Waals surface area contributed by atoms with Crippen LogP contribution < -0.4 is 5.64 Å². The second kappa shape index (κ2) is 5.69. The lowest BCUT2D eigenvalue weighted by Gasteiger charge is -2.29. The van der Waals surface area contributed by atoms with Gasteiger partial charge in [-0.2, -0.15) is 0 Å². The first-order valence-electron chi connectivity index (χ1n) is 5.79. The van der Waals surface area contributed by atoms with Crippen LogP contribution in [0.5, 0.6) is 0 Å². The smallest absolute Gasteiger partial charge is 0.205 e. The summed E-state index contributed by atoms with van der Waals surface area (Å²) in [6.45, 7) is 4.62. The average Bonchev–Trinajstić information content (AvgIpc) is 2.19. The Hall–Kier alpha value is 0.0249. The molecular weight excluding hydrogens is 157 g/mol. The first kappa shape index (κ1) is 11.1. The van der Waals surface area contributed by atoms with Gasteiger partial charge in [0.05, 0.1) is 0 Å². The van der Waals surface area contributed by atoms with Crippen molar-refractivity contribution in [2.24, 2.45) is 17.5 Å². The van der Waals surface area contributed by atoms with Gasteiger partial charge in [-0.1, -0.05) is 58.2 Å². The molecule has 75 valence electrons. The highest BCUT2D eigenvalue weighted by Crippen LogP contribution is 2.33. The van der Waals surface area contributed by atoms with Crippen LogP contribution in [0.1, 0.15) is 52.4 Å². The van der Waals surface area contributed by atoms with Crippen LogP contribution in [0.15, 0.2) is 0 Å². The molecule has 0 aliphatic heterocycles. The standard InChI is InChI=1S/C11H23BN/c1-9(8-10(2)12-13)11-6-4-3-5-7-11/h9-11H,3-8,13H2,1-2H3/t9-,10?/m1/s1. The molecule has 1 unspecified atom stereocenters. The fourth-order valence-corrected chi connectivity index (χ4v) is 2.56. The van der Waals surface area contributed by atoms with Gasteiger partial charge in [-0.05, 0) is 11.8 Å². The van der Waals surface area contributed by atoms with Crippen LogP contribution in [0.4, 0.5) is 0 Å². The van der Waals surface area contributed by atoms with E-state index < -0.39 is 0 Å². The van der Waals surface area contributed by atoms with Gasteiger partial charge in [0.1, 0.15) is 0 Å². The normalized spacial score (nSPS) is 23.9. The predicted octanol–water partition coefficient (Wildman–Crippen LogP) is 2.98. The lowest BCUT2D eigenvalue weighted by Crippen LogP contribution is -2.20. The van der Waals surface area contributed by atoms with Crippen molar-refractivity contribution in [2.75, 3.05) is 0 Å². The summed E-state index contributed by atoms with van der Waals surface area (Å²) in [5, 5.41) is 0. The van der Waals surface area contributed by atoms with Gasteiger partial charge in [0.2, 0.25) is 7.41 Å². The maximum absolute atomic E-state index is 5.52. The van der Waals surface area contributed by atoms with E-state index in [4.69, 9.17) is 5.64 Å². The van der Waals surface area contributed by atoms with Gasteiger partial charge in [0.15, 0.2) is 0 Å². The van der Waals surface area contributed by atoms with Crippen molar-refractivity contribution >= 4 is 7.41 Å². The van der Waals surface area contributed by atoms with Crippen molar-refractivity contribution < 1.29 is 0 Å². The van der Waals surface area contributed by atoms with E-state index in [0.29, 0.717) is 5.82 Å². The number of nitrogens with two attached hydrogens (primary N) is 1. The van der Waals surface area contributed by atoms with Crippen LogP contribution in [0.2, 0.25) is 5.82 Å². The molecule has 0 aromatic carbocycles.